The van der Waals surface area contributed by atoms with Crippen molar-refractivity contribution in [3.05, 3.63) is 65.5 Å². The molecule has 2 amide bonds. The van der Waals surface area contributed by atoms with Gasteiger partial charge < -0.3 is 10.2 Å². The molecule has 2 heterocycles. The molecule has 0 saturated carbocycles. The number of likely N-dealkylation sites (tertiary alicyclic amines) is 1. The zero-order valence-electron chi connectivity index (χ0n) is 20.0. The van der Waals surface area contributed by atoms with Gasteiger partial charge in [0, 0.05) is 37.9 Å². The fourth-order valence-corrected chi connectivity index (χ4v) is 5.04. The molecule has 1 unspecified atom stereocenters. The highest BCUT2D eigenvalue weighted by molar-refractivity contribution is 5.93. The van der Waals surface area contributed by atoms with E-state index >= 15 is 0 Å². The number of hydrogen-bond acceptors (Lipinski definition) is 4. The third kappa shape index (κ3) is 6.42. The fourth-order valence-electron chi connectivity index (χ4n) is 5.04. The normalized spacial score (nSPS) is 19.4. The number of nitrogens with zero attached hydrogens (tertiary/aromatic N) is 3. The van der Waals surface area contributed by atoms with Crippen LogP contribution in [0.5, 0.6) is 0 Å². The largest absolute Gasteiger partial charge is 0.339 e. The molecule has 2 aliphatic heterocycles. The number of aryl methyl sites for hydroxylation is 1. The monoisotopic (exact) mass is 466 g/mol. The molecular weight excluding hydrogens is 431 g/mol. The maximum atomic E-state index is 13.5. The van der Waals surface area contributed by atoms with Gasteiger partial charge in [-0.3, -0.25) is 19.4 Å². The van der Waals surface area contributed by atoms with Crippen LogP contribution in [-0.2, 0) is 22.4 Å². The zero-order chi connectivity index (χ0) is 23.9. The van der Waals surface area contributed by atoms with Crippen molar-refractivity contribution in [2.45, 2.75) is 38.6 Å². The molecule has 1 atom stereocenters. The van der Waals surface area contributed by atoms with Crippen LogP contribution in [0.2, 0.25) is 0 Å². The molecule has 4 rings (SSSR count). The second-order valence-corrected chi connectivity index (χ2v) is 9.32. The Morgan fingerprint density at radius 3 is 2.56 bits per heavy atom. The number of nitrogens with one attached hydrogen (secondary N) is 1. The van der Waals surface area contributed by atoms with Crippen LogP contribution in [0.15, 0.2) is 48.5 Å². The summed E-state index contributed by atoms with van der Waals surface area (Å²) in [5.41, 5.74) is 2.99. The summed E-state index contributed by atoms with van der Waals surface area (Å²) in [5, 5.41) is 3.03. The van der Waals surface area contributed by atoms with E-state index in [0.29, 0.717) is 39.3 Å². The van der Waals surface area contributed by atoms with Crippen LogP contribution in [0.1, 0.15) is 30.9 Å². The van der Waals surface area contributed by atoms with Gasteiger partial charge >= 0.3 is 0 Å². The molecule has 0 radical (unpaired) electrons. The van der Waals surface area contributed by atoms with E-state index in [1.807, 2.05) is 35.2 Å². The molecule has 2 saturated heterocycles. The van der Waals surface area contributed by atoms with Crippen molar-refractivity contribution in [1.82, 2.24) is 14.7 Å². The molecule has 34 heavy (non-hydrogen) atoms. The van der Waals surface area contributed by atoms with Crippen LogP contribution in [0.25, 0.3) is 0 Å². The number of carbonyl (C=O) groups excluding carboxylic acids is 2. The summed E-state index contributed by atoms with van der Waals surface area (Å²) < 4.78 is 13.5. The third-order valence-corrected chi connectivity index (χ3v) is 6.96. The molecule has 2 fully saturated rings. The van der Waals surface area contributed by atoms with E-state index in [1.165, 1.54) is 6.07 Å². The Morgan fingerprint density at radius 2 is 1.79 bits per heavy atom. The average molecular weight is 467 g/mol. The molecule has 1 N–H and O–H groups in total. The molecular formula is C27H35FN4O2. The topological polar surface area (TPSA) is 55.9 Å². The highest BCUT2D eigenvalue weighted by Gasteiger charge is 2.29. The Balaban J connectivity index is 1.22. The minimum atomic E-state index is -0.209. The number of amides is 2. The lowest BCUT2D eigenvalue weighted by Gasteiger charge is -2.35. The number of hydrogen-bond donors (Lipinski definition) is 1. The maximum absolute atomic E-state index is 13.5. The summed E-state index contributed by atoms with van der Waals surface area (Å²) in [6, 6.07) is 14.9. The van der Waals surface area contributed by atoms with Crippen molar-refractivity contribution < 1.29 is 14.0 Å². The highest BCUT2D eigenvalue weighted by atomic mass is 19.1. The lowest BCUT2D eigenvalue weighted by Crippen LogP contribution is -2.52. The first-order valence-electron chi connectivity index (χ1n) is 12.4. The second-order valence-electron chi connectivity index (χ2n) is 9.32. The number of piperazine rings is 1. The quantitative estimate of drug-likeness (QED) is 0.649. The molecule has 0 aliphatic carbocycles. The first-order valence-corrected chi connectivity index (χ1v) is 12.4. The summed E-state index contributed by atoms with van der Waals surface area (Å²) in [6.07, 6.45) is 3.75. The zero-order valence-corrected chi connectivity index (χ0v) is 20.0. The van der Waals surface area contributed by atoms with E-state index in [4.69, 9.17) is 0 Å². The number of rotatable bonds is 8. The summed E-state index contributed by atoms with van der Waals surface area (Å²) in [7, 11) is 0. The lowest BCUT2D eigenvalue weighted by molar-refractivity contribution is -0.134. The van der Waals surface area contributed by atoms with Crippen LogP contribution in [0.4, 0.5) is 10.1 Å². The molecule has 182 valence electrons. The first kappa shape index (κ1) is 24.4. The summed E-state index contributed by atoms with van der Waals surface area (Å²) >= 11 is 0. The lowest BCUT2D eigenvalue weighted by atomic mass is 10.0. The van der Waals surface area contributed by atoms with Gasteiger partial charge in [-0.05, 0) is 61.6 Å². The van der Waals surface area contributed by atoms with Crippen molar-refractivity contribution in [2.75, 3.05) is 51.1 Å². The smallest absolute Gasteiger partial charge is 0.238 e. The van der Waals surface area contributed by atoms with Gasteiger partial charge in [0.1, 0.15) is 5.82 Å². The molecule has 6 nitrogen and oxygen atoms in total. The van der Waals surface area contributed by atoms with Crippen molar-refractivity contribution >= 4 is 17.5 Å². The predicted molar refractivity (Wildman–Crippen MR) is 132 cm³/mol. The number of carbonyl (C=O) groups is 2. The van der Waals surface area contributed by atoms with Gasteiger partial charge in [-0.2, -0.15) is 0 Å². The first-order chi connectivity index (χ1) is 16.5. The van der Waals surface area contributed by atoms with E-state index in [2.05, 4.69) is 22.0 Å². The Labute approximate surface area is 201 Å². The Morgan fingerprint density at radius 1 is 1.00 bits per heavy atom. The number of para-hydroxylation sites is 1. The molecule has 7 heteroatoms. The van der Waals surface area contributed by atoms with Gasteiger partial charge in [0.05, 0.1) is 13.1 Å². The van der Waals surface area contributed by atoms with Gasteiger partial charge in [0.2, 0.25) is 11.8 Å². The highest BCUT2D eigenvalue weighted by Crippen LogP contribution is 2.22. The van der Waals surface area contributed by atoms with Crippen molar-refractivity contribution in [3.8, 4) is 0 Å². The SMILES string of the molecule is CCc1ccccc1NC(=O)CN1CCN(C(=O)CN2CCCC2Cc2cccc(F)c2)CC1. The summed E-state index contributed by atoms with van der Waals surface area (Å²) in [5.74, 6) is -0.0794. The molecule has 2 aliphatic rings. The van der Waals surface area contributed by atoms with Crippen molar-refractivity contribution in [2.24, 2.45) is 0 Å². The standard InChI is InChI=1S/C27H35FN4O2/c1-2-22-8-3-4-11-25(22)29-26(33)19-30-13-15-31(16-14-30)27(34)20-32-12-6-10-24(32)18-21-7-5-9-23(28)17-21/h3-5,7-9,11,17,24H,2,6,10,12-16,18-20H2,1H3,(H,29,33). The van der Waals surface area contributed by atoms with E-state index in [1.54, 1.807) is 12.1 Å². The van der Waals surface area contributed by atoms with Gasteiger partial charge in [-0.1, -0.05) is 37.3 Å². The van der Waals surface area contributed by atoms with Crippen molar-refractivity contribution in [1.29, 1.82) is 0 Å². The second kappa shape index (κ2) is 11.6. The Hall–Kier alpha value is -2.77. The minimum absolute atomic E-state index is 0.0158. The van der Waals surface area contributed by atoms with Gasteiger partial charge in [0.15, 0.2) is 0 Å². The van der Waals surface area contributed by atoms with Crippen molar-refractivity contribution in [3.63, 3.8) is 0 Å². The van der Waals surface area contributed by atoms with E-state index in [9.17, 15) is 14.0 Å². The Bertz CT molecular complexity index is 990. The van der Waals surface area contributed by atoms with E-state index in [0.717, 1.165) is 49.0 Å². The van der Waals surface area contributed by atoms with E-state index in [-0.39, 0.29) is 23.7 Å². The molecule has 0 spiro atoms. The van der Waals surface area contributed by atoms with Gasteiger partial charge in [-0.25, -0.2) is 4.39 Å². The van der Waals surface area contributed by atoms with Crippen LogP contribution in [0, 0.1) is 5.82 Å². The van der Waals surface area contributed by atoms with Crippen LogP contribution in [0.3, 0.4) is 0 Å². The third-order valence-electron chi connectivity index (χ3n) is 6.96. The van der Waals surface area contributed by atoms with Crippen LogP contribution >= 0.6 is 0 Å². The number of halogens is 1. The Kier molecular flexibility index (Phi) is 8.29. The van der Waals surface area contributed by atoms with Gasteiger partial charge in [-0.15, -0.1) is 0 Å². The van der Waals surface area contributed by atoms with Crippen LogP contribution in [-0.4, -0.2) is 78.4 Å². The maximum Gasteiger partial charge on any atom is 0.238 e. The minimum Gasteiger partial charge on any atom is -0.339 e. The molecule has 2 aromatic rings. The molecule has 2 aromatic carbocycles. The average Bonchev–Trinajstić information content (AvgIpc) is 3.26. The number of benzene rings is 2. The summed E-state index contributed by atoms with van der Waals surface area (Å²) in [4.78, 5) is 31.8. The molecule has 0 aromatic heterocycles. The van der Waals surface area contributed by atoms with Gasteiger partial charge in [0.25, 0.3) is 0 Å². The van der Waals surface area contributed by atoms with Crippen LogP contribution < -0.4 is 5.32 Å². The predicted octanol–water partition coefficient (Wildman–Crippen LogP) is 3.18. The summed E-state index contributed by atoms with van der Waals surface area (Å²) in [6.45, 7) is 6.40. The number of anilines is 1. The van der Waals surface area contributed by atoms with E-state index < -0.39 is 0 Å². The molecule has 0 bridgehead atoms. The fraction of sp³-hybridized carbons (Fsp3) is 0.481.